The molecule has 0 radical (unpaired) electrons. The molecule has 2 N–H and O–H groups in total. The summed E-state index contributed by atoms with van der Waals surface area (Å²) in [5.41, 5.74) is 1.58. The first-order valence-corrected chi connectivity index (χ1v) is 11.1. The predicted octanol–water partition coefficient (Wildman–Crippen LogP) is 2.22. The molecule has 1 saturated carbocycles. The summed E-state index contributed by atoms with van der Waals surface area (Å²) in [6.45, 7) is 6.38. The molecule has 2 aliphatic rings. The quantitative estimate of drug-likeness (QED) is 0.520. The number of carbonyl (C=O) groups excluding carboxylic acids is 1. The fourth-order valence-electron chi connectivity index (χ4n) is 4.44. The highest BCUT2D eigenvalue weighted by Gasteiger charge is 2.38. The predicted molar refractivity (Wildman–Crippen MR) is 119 cm³/mol. The number of hydrogen-bond acceptors (Lipinski definition) is 3. The molecule has 6 nitrogen and oxygen atoms in total. The van der Waals surface area contributed by atoms with Gasteiger partial charge in [-0.15, -0.1) is 0 Å². The first-order chi connectivity index (χ1) is 14.0. The minimum absolute atomic E-state index is 0.0172. The van der Waals surface area contributed by atoms with Gasteiger partial charge in [0.2, 0.25) is 5.91 Å². The lowest BCUT2D eigenvalue weighted by Crippen LogP contribution is -2.51. The molecule has 1 aliphatic heterocycles. The van der Waals surface area contributed by atoms with Crippen LogP contribution in [-0.2, 0) is 10.2 Å². The first kappa shape index (κ1) is 21.6. The van der Waals surface area contributed by atoms with Gasteiger partial charge >= 0.3 is 0 Å². The van der Waals surface area contributed by atoms with Crippen LogP contribution in [0.3, 0.4) is 0 Å². The van der Waals surface area contributed by atoms with Crippen LogP contribution in [0.4, 0.5) is 0 Å². The number of aliphatic imine (C=N–C) groups is 1. The molecular formula is C23H37N5O. The van der Waals surface area contributed by atoms with Gasteiger partial charge in [0, 0.05) is 38.6 Å². The summed E-state index contributed by atoms with van der Waals surface area (Å²) in [5.74, 6) is 0.772. The van der Waals surface area contributed by atoms with E-state index in [0.717, 1.165) is 25.6 Å². The second-order valence-electron chi connectivity index (χ2n) is 8.61. The maximum atomic E-state index is 12.1. The number of nitrogens with one attached hydrogen (secondary N) is 2. The van der Waals surface area contributed by atoms with Crippen LogP contribution in [0, 0.1) is 0 Å². The molecule has 1 heterocycles. The van der Waals surface area contributed by atoms with Gasteiger partial charge in [0.15, 0.2) is 5.96 Å². The fourth-order valence-corrected chi connectivity index (χ4v) is 4.44. The highest BCUT2D eigenvalue weighted by atomic mass is 16.2. The monoisotopic (exact) mass is 399 g/mol. The summed E-state index contributed by atoms with van der Waals surface area (Å²) in [7, 11) is 3.55. The van der Waals surface area contributed by atoms with E-state index in [0.29, 0.717) is 6.04 Å². The van der Waals surface area contributed by atoms with Crippen molar-refractivity contribution in [2.45, 2.75) is 50.5 Å². The Labute approximate surface area is 175 Å². The van der Waals surface area contributed by atoms with E-state index in [4.69, 9.17) is 0 Å². The lowest BCUT2D eigenvalue weighted by atomic mass is 9.64. The number of amides is 1. The molecule has 2 fully saturated rings. The van der Waals surface area contributed by atoms with Crippen molar-refractivity contribution in [1.82, 2.24) is 20.4 Å². The Morgan fingerprint density at radius 1 is 1.21 bits per heavy atom. The first-order valence-electron chi connectivity index (χ1n) is 11.1. The number of guanidine groups is 1. The molecule has 0 aromatic heterocycles. The Morgan fingerprint density at radius 2 is 1.97 bits per heavy atom. The van der Waals surface area contributed by atoms with E-state index in [9.17, 15) is 4.79 Å². The van der Waals surface area contributed by atoms with Crippen LogP contribution in [-0.4, -0.2) is 74.5 Å². The standard InChI is InChI=1S/C23H37N5O/c1-4-28-15-8-12-20(28)16-24-22(25-17-21(29)27(2)3)26-18-23(13-9-14-23)19-10-6-5-7-11-19/h5-7,10-11,20H,4,8-9,12-18H2,1-3H3,(H2,24,25,26). The third-order valence-electron chi connectivity index (χ3n) is 6.57. The van der Waals surface area contributed by atoms with E-state index in [-0.39, 0.29) is 17.9 Å². The van der Waals surface area contributed by atoms with Gasteiger partial charge in [0.1, 0.15) is 6.54 Å². The summed E-state index contributed by atoms with van der Waals surface area (Å²) in [4.78, 5) is 20.8. The maximum Gasteiger partial charge on any atom is 0.243 e. The molecule has 0 bridgehead atoms. The Kier molecular flexibility index (Phi) is 7.53. The largest absolute Gasteiger partial charge is 0.356 e. The zero-order chi connectivity index (χ0) is 20.7. The van der Waals surface area contributed by atoms with Crippen molar-refractivity contribution in [2.24, 2.45) is 4.99 Å². The van der Waals surface area contributed by atoms with E-state index in [2.05, 4.69) is 57.8 Å². The molecular weight excluding hydrogens is 362 g/mol. The van der Waals surface area contributed by atoms with Gasteiger partial charge < -0.3 is 15.5 Å². The molecule has 1 saturated heterocycles. The minimum Gasteiger partial charge on any atom is -0.356 e. The van der Waals surface area contributed by atoms with E-state index in [1.54, 1.807) is 19.0 Å². The molecule has 0 spiro atoms. The van der Waals surface area contributed by atoms with Crippen molar-refractivity contribution < 1.29 is 4.79 Å². The number of benzene rings is 1. The van der Waals surface area contributed by atoms with Gasteiger partial charge in [-0.2, -0.15) is 0 Å². The van der Waals surface area contributed by atoms with Gasteiger partial charge in [0.05, 0.1) is 0 Å². The fraction of sp³-hybridized carbons (Fsp3) is 0.652. The Hall–Kier alpha value is -2.08. The number of hydrogen-bond donors (Lipinski definition) is 2. The molecule has 1 aliphatic carbocycles. The van der Waals surface area contributed by atoms with Crippen LogP contribution in [0.25, 0.3) is 0 Å². The van der Waals surface area contributed by atoms with E-state index in [1.807, 2.05) is 0 Å². The van der Waals surface area contributed by atoms with Gasteiger partial charge in [-0.25, -0.2) is 4.99 Å². The summed E-state index contributed by atoms with van der Waals surface area (Å²) in [5, 5.41) is 7.08. The molecule has 29 heavy (non-hydrogen) atoms. The minimum atomic E-state index is 0.0172. The van der Waals surface area contributed by atoms with Crippen molar-refractivity contribution in [2.75, 3.05) is 46.8 Å². The van der Waals surface area contributed by atoms with Crippen molar-refractivity contribution in [3.8, 4) is 0 Å². The lowest BCUT2D eigenvalue weighted by Gasteiger charge is -2.43. The topological polar surface area (TPSA) is 60.0 Å². The average Bonchev–Trinajstić information content (AvgIpc) is 3.16. The Morgan fingerprint density at radius 3 is 2.59 bits per heavy atom. The van der Waals surface area contributed by atoms with Crippen LogP contribution in [0.5, 0.6) is 0 Å². The molecule has 1 aromatic rings. The van der Waals surface area contributed by atoms with Crippen LogP contribution in [0.15, 0.2) is 35.3 Å². The number of likely N-dealkylation sites (N-methyl/N-ethyl adjacent to an activating group) is 2. The van der Waals surface area contributed by atoms with E-state index >= 15 is 0 Å². The smallest absolute Gasteiger partial charge is 0.243 e. The normalized spacial score (nSPS) is 21.5. The van der Waals surface area contributed by atoms with Gasteiger partial charge in [-0.05, 0) is 44.3 Å². The molecule has 1 amide bonds. The molecule has 3 rings (SSSR count). The molecule has 1 aromatic carbocycles. The molecule has 160 valence electrons. The van der Waals surface area contributed by atoms with Crippen molar-refractivity contribution in [1.29, 1.82) is 0 Å². The lowest BCUT2D eigenvalue weighted by molar-refractivity contribution is -0.127. The summed E-state index contributed by atoms with van der Waals surface area (Å²) in [6.07, 6.45) is 6.14. The third kappa shape index (κ3) is 5.50. The van der Waals surface area contributed by atoms with Crippen molar-refractivity contribution in [3.05, 3.63) is 35.9 Å². The highest BCUT2D eigenvalue weighted by molar-refractivity contribution is 5.84. The van der Waals surface area contributed by atoms with Crippen LogP contribution >= 0.6 is 0 Å². The van der Waals surface area contributed by atoms with Gasteiger partial charge in [-0.1, -0.05) is 43.7 Å². The summed E-state index contributed by atoms with van der Waals surface area (Å²) >= 11 is 0. The number of likely N-dealkylation sites (tertiary alicyclic amines) is 1. The maximum absolute atomic E-state index is 12.1. The Bertz CT molecular complexity index is 684. The number of nitrogens with zero attached hydrogens (tertiary/aromatic N) is 3. The zero-order valence-corrected chi connectivity index (χ0v) is 18.3. The number of carbonyl (C=O) groups is 1. The Balaban J connectivity index is 1.64. The second kappa shape index (κ2) is 10.1. The van der Waals surface area contributed by atoms with Crippen molar-refractivity contribution in [3.63, 3.8) is 0 Å². The van der Waals surface area contributed by atoms with Gasteiger partial charge in [0.25, 0.3) is 0 Å². The van der Waals surface area contributed by atoms with E-state index in [1.165, 1.54) is 44.2 Å². The second-order valence-corrected chi connectivity index (χ2v) is 8.61. The summed E-state index contributed by atoms with van der Waals surface area (Å²) < 4.78 is 0. The SMILES string of the molecule is CCN1CCCC1CNC(=NCC(=O)N(C)C)NCC1(c2ccccc2)CCC1. The molecule has 1 atom stereocenters. The highest BCUT2D eigenvalue weighted by Crippen LogP contribution is 2.43. The average molecular weight is 400 g/mol. The van der Waals surface area contributed by atoms with Crippen LogP contribution in [0.1, 0.15) is 44.6 Å². The molecule has 6 heteroatoms. The molecule has 1 unspecified atom stereocenters. The van der Waals surface area contributed by atoms with Crippen molar-refractivity contribution >= 4 is 11.9 Å². The van der Waals surface area contributed by atoms with E-state index < -0.39 is 0 Å². The zero-order valence-electron chi connectivity index (χ0n) is 18.3. The van der Waals surface area contributed by atoms with Crippen LogP contribution in [0.2, 0.25) is 0 Å². The third-order valence-corrected chi connectivity index (χ3v) is 6.57. The van der Waals surface area contributed by atoms with Crippen LogP contribution < -0.4 is 10.6 Å². The van der Waals surface area contributed by atoms with Gasteiger partial charge in [-0.3, -0.25) is 9.69 Å². The summed E-state index contributed by atoms with van der Waals surface area (Å²) in [6, 6.07) is 11.3. The number of rotatable bonds is 8.